The average molecular weight is 254 g/mol. The Kier molecular flexibility index (Phi) is 1.63. The Hall–Kier alpha value is -3.18. The molecule has 2 aromatic heterocycles. The molecule has 3 aromatic rings. The lowest BCUT2D eigenvalue weighted by Gasteiger charge is -2.03. The number of fused-ring (bicyclic) bond motifs is 3. The minimum absolute atomic E-state index is 0.202. The number of hydrogen-bond acceptors (Lipinski definition) is 9. The van der Waals surface area contributed by atoms with E-state index in [2.05, 4.69) is 19.6 Å². The molecule has 0 fully saturated rings. The van der Waals surface area contributed by atoms with Gasteiger partial charge in [0.25, 0.3) is 5.52 Å². The van der Waals surface area contributed by atoms with Crippen LogP contribution in [0.15, 0.2) is 9.26 Å². The van der Waals surface area contributed by atoms with Crippen LogP contribution in [-0.2, 0) is 0 Å². The number of nitro benzene ring substituents is 1. The van der Waals surface area contributed by atoms with Crippen LogP contribution in [0.3, 0.4) is 0 Å². The van der Waals surface area contributed by atoms with Gasteiger partial charge in [-0.15, -0.1) is 0 Å². The monoisotopic (exact) mass is 254 g/mol. The molecule has 18 heavy (non-hydrogen) atoms. The molecule has 12 heteroatoms. The highest BCUT2D eigenvalue weighted by molar-refractivity contribution is 6.05. The molecule has 0 saturated carbocycles. The third-order valence-electron chi connectivity index (χ3n) is 2.29. The summed E-state index contributed by atoms with van der Waals surface area (Å²) in [4.78, 5) is 9.18. The van der Waals surface area contributed by atoms with Gasteiger partial charge in [0.1, 0.15) is 0 Å². The van der Waals surface area contributed by atoms with Crippen LogP contribution in [0, 0.1) is 20.5 Å². The molecular weight excluding hydrogens is 254 g/mol. The van der Waals surface area contributed by atoms with E-state index in [1.54, 1.807) is 0 Å². The smallest absolute Gasteiger partial charge is 0.329 e. The van der Waals surface area contributed by atoms with Crippen LogP contribution in [0.1, 0.15) is 0 Å². The van der Waals surface area contributed by atoms with Crippen LogP contribution >= 0.6 is 0 Å². The molecule has 0 saturated heterocycles. The Labute approximate surface area is 94.4 Å². The lowest BCUT2D eigenvalue weighted by molar-refractivity contribution is -0.783. The van der Waals surface area contributed by atoms with Crippen molar-refractivity contribution < 1.29 is 29.1 Å². The van der Waals surface area contributed by atoms with E-state index >= 15 is 0 Å². The Balaban J connectivity index is 2.70. The van der Waals surface area contributed by atoms with E-state index in [-0.39, 0.29) is 9.81 Å². The molecule has 0 bridgehead atoms. The van der Waals surface area contributed by atoms with Gasteiger partial charge in [-0.1, -0.05) is 0 Å². The third-order valence-corrected chi connectivity index (χ3v) is 2.29. The largest absolute Gasteiger partial charge is 0.865 e. The first kappa shape index (κ1) is 10.0. The van der Waals surface area contributed by atoms with E-state index in [1.807, 2.05) is 0 Å². The van der Waals surface area contributed by atoms with Gasteiger partial charge >= 0.3 is 16.7 Å². The fourth-order valence-corrected chi connectivity index (χ4v) is 1.59. The summed E-state index contributed by atoms with van der Waals surface area (Å²) in [6.45, 7) is 0. The lowest BCUT2D eigenvalue weighted by atomic mass is 10.2. The fourth-order valence-electron chi connectivity index (χ4n) is 1.59. The molecule has 92 valence electrons. The van der Waals surface area contributed by atoms with Gasteiger partial charge in [0.15, 0.2) is 0 Å². The highest BCUT2D eigenvalue weighted by Crippen LogP contribution is 2.36. The first-order valence-electron chi connectivity index (χ1n) is 4.28. The first-order valence-corrected chi connectivity index (χ1v) is 4.28. The molecule has 0 spiro atoms. The van der Waals surface area contributed by atoms with Gasteiger partial charge in [-0.25, -0.2) is 0 Å². The average Bonchev–Trinajstić information content (AvgIpc) is 2.83. The van der Waals surface area contributed by atoms with Crippen LogP contribution in [0.4, 0.5) is 5.69 Å². The van der Waals surface area contributed by atoms with Crippen LogP contribution in [0.2, 0.25) is 0 Å². The van der Waals surface area contributed by atoms with Gasteiger partial charge < -0.3 is 15.5 Å². The van der Waals surface area contributed by atoms with E-state index in [9.17, 15) is 25.6 Å². The minimum Gasteiger partial charge on any atom is -0.865 e. The van der Waals surface area contributed by atoms with Gasteiger partial charge in [-0.05, 0) is 9.81 Å². The Morgan fingerprint density at radius 3 is 2.22 bits per heavy atom. The predicted octanol–water partition coefficient (Wildman–Crippen LogP) is -1.78. The third kappa shape index (κ3) is 0.977. The molecule has 2 heterocycles. The summed E-state index contributed by atoms with van der Waals surface area (Å²) in [5, 5.41) is 51.2. The quantitative estimate of drug-likeness (QED) is 0.276. The molecule has 0 amide bonds. The van der Waals surface area contributed by atoms with Crippen molar-refractivity contribution in [3.05, 3.63) is 20.5 Å². The zero-order valence-electron chi connectivity index (χ0n) is 8.09. The summed E-state index contributed by atoms with van der Waals surface area (Å²) in [7, 11) is 0. The second kappa shape index (κ2) is 2.93. The van der Waals surface area contributed by atoms with Crippen molar-refractivity contribution >= 4 is 27.8 Å². The molecule has 0 aliphatic carbocycles. The number of nitro groups is 1. The molecular formula is C6N5O7-. The normalized spacial score (nSPS) is 11.3. The van der Waals surface area contributed by atoms with Gasteiger partial charge in [0, 0.05) is 5.75 Å². The van der Waals surface area contributed by atoms with Gasteiger partial charge in [0.05, 0.1) is 15.2 Å². The van der Waals surface area contributed by atoms with Crippen molar-refractivity contribution in [3.63, 3.8) is 0 Å². The van der Waals surface area contributed by atoms with Gasteiger partial charge in [-0.2, -0.15) is 0 Å². The number of nitrogens with zero attached hydrogens (tertiary/aromatic N) is 5. The predicted molar refractivity (Wildman–Crippen MR) is 45.6 cm³/mol. The Morgan fingerprint density at radius 2 is 1.61 bits per heavy atom. The van der Waals surface area contributed by atoms with Crippen molar-refractivity contribution in [3.8, 4) is 5.75 Å². The van der Waals surface area contributed by atoms with Crippen molar-refractivity contribution in [2.24, 2.45) is 0 Å². The van der Waals surface area contributed by atoms with Crippen LogP contribution < -0.4 is 14.9 Å². The molecule has 0 aliphatic rings. The molecule has 0 unspecified atom stereocenters. The molecule has 12 nitrogen and oxygen atoms in total. The summed E-state index contributed by atoms with van der Waals surface area (Å²) in [6, 6.07) is 0. The zero-order valence-corrected chi connectivity index (χ0v) is 8.09. The van der Waals surface area contributed by atoms with Crippen LogP contribution in [-0.4, -0.2) is 15.2 Å². The van der Waals surface area contributed by atoms with E-state index < -0.39 is 38.4 Å². The molecule has 0 aliphatic heterocycles. The van der Waals surface area contributed by atoms with Crippen molar-refractivity contribution in [1.82, 2.24) is 10.3 Å². The number of benzene rings is 1. The summed E-state index contributed by atoms with van der Waals surface area (Å²) < 4.78 is 8.28. The van der Waals surface area contributed by atoms with Crippen molar-refractivity contribution in [2.45, 2.75) is 0 Å². The second-order valence-corrected chi connectivity index (χ2v) is 3.19. The molecule has 0 N–H and O–H groups in total. The SMILES string of the molecule is O=[N+]([O-])c1c([O-])c2c(no[n+]2[O-])c2c1no[n+]2[O-]. The number of rotatable bonds is 1. The van der Waals surface area contributed by atoms with Crippen LogP contribution in [0.5, 0.6) is 5.75 Å². The topological polar surface area (TPSA) is 172 Å². The Morgan fingerprint density at radius 1 is 1.06 bits per heavy atom. The summed E-state index contributed by atoms with van der Waals surface area (Å²) in [6.07, 6.45) is 0. The number of hydrogen-bond donors (Lipinski definition) is 0. The number of aromatic nitrogens is 4. The maximum atomic E-state index is 11.7. The molecule has 3 rings (SSSR count). The standard InChI is InChI=1S/C6HN5O7/c12-6-4(9(13)14)1-3(10(15)17-7-1)2-5(6)11(16)18-8-2/h12H/p-1. The fraction of sp³-hybridized carbons (Fsp3) is 0. The maximum Gasteiger partial charge on any atom is 0.329 e. The maximum absolute atomic E-state index is 11.7. The van der Waals surface area contributed by atoms with E-state index in [1.165, 1.54) is 0 Å². The molecule has 1 aromatic carbocycles. The highest BCUT2D eigenvalue weighted by atomic mass is 16.8. The van der Waals surface area contributed by atoms with Crippen molar-refractivity contribution in [2.75, 3.05) is 0 Å². The summed E-state index contributed by atoms with van der Waals surface area (Å²) in [5.41, 5.74) is -3.38. The second-order valence-electron chi connectivity index (χ2n) is 3.19. The zero-order chi connectivity index (χ0) is 13.0. The molecule has 0 radical (unpaired) electrons. The lowest BCUT2D eigenvalue weighted by Crippen LogP contribution is -2.26. The van der Waals surface area contributed by atoms with E-state index in [0.29, 0.717) is 0 Å². The summed E-state index contributed by atoms with van der Waals surface area (Å²) in [5.74, 6) is -1.26. The van der Waals surface area contributed by atoms with Crippen molar-refractivity contribution in [1.29, 1.82) is 0 Å². The molecule has 0 atom stereocenters. The summed E-state index contributed by atoms with van der Waals surface area (Å²) >= 11 is 0. The first-order chi connectivity index (χ1) is 8.52. The van der Waals surface area contributed by atoms with E-state index in [0.717, 1.165) is 0 Å². The minimum atomic E-state index is -1.26. The highest BCUT2D eigenvalue weighted by Gasteiger charge is 2.34. The van der Waals surface area contributed by atoms with Crippen LogP contribution in [0.25, 0.3) is 22.1 Å². The Bertz CT molecular complexity index is 804. The van der Waals surface area contributed by atoms with E-state index in [4.69, 9.17) is 0 Å². The van der Waals surface area contributed by atoms with Gasteiger partial charge in [-0.3, -0.25) is 19.4 Å². The van der Waals surface area contributed by atoms with Gasteiger partial charge in [0.2, 0.25) is 5.52 Å².